The minimum absolute atomic E-state index is 0.0739. The molecule has 1 unspecified atom stereocenters. The highest BCUT2D eigenvalue weighted by Gasteiger charge is 2.23. The molecule has 7 nitrogen and oxygen atoms in total. The summed E-state index contributed by atoms with van der Waals surface area (Å²) in [6, 6.07) is 40.0. The minimum Gasteiger partial charge on any atom is -0.497 e. The molecule has 3 amide bonds. The fourth-order valence-electron chi connectivity index (χ4n) is 4.50. The summed E-state index contributed by atoms with van der Waals surface area (Å²) in [7, 11) is 1.58. The standard InChI is InChI=1S/C37H30BrN3O4S/c1-45-31-19-9-17-29(23-31)40-37(44)34(26-12-4-2-5-13-26)46-32-20-10-18-30(24-32)39-36(43)33(22-25-11-8-16-28(38)21-25)41-35(42)27-14-6-3-7-15-27/h2-24,34H,1H3,(H,39,43)(H,40,44)(H,41,42)/b33-22+. The maximum atomic E-state index is 13.6. The van der Waals surface area contributed by atoms with Crippen molar-refractivity contribution < 1.29 is 19.1 Å². The molecule has 3 N–H and O–H groups in total. The first kappa shape index (κ1) is 32.3. The Bertz CT molecular complexity index is 1870. The van der Waals surface area contributed by atoms with E-state index in [0.29, 0.717) is 22.7 Å². The zero-order chi connectivity index (χ0) is 32.3. The second kappa shape index (κ2) is 15.7. The summed E-state index contributed by atoms with van der Waals surface area (Å²) in [5.41, 5.74) is 3.17. The number of carbonyl (C=O) groups excluding carboxylic acids is 3. The molecule has 0 radical (unpaired) electrons. The summed E-state index contributed by atoms with van der Waals surface area (Å²) in [6.45, 7) is 0. The van der Waals surface area contributed by atoms with Crippen molar-refractivity contribution in [2.45, 2.75) is 10.1 Å². The van der Waals surface area contributed by atoms with Crippen LogP contribution in [-0.2, 0) is 9.59 Å². The van der Waals surface area contributed by atoms with Crippen LogP contribution in [0.1, 0.15) is 26.7 Å². The minimum atomic E-state index is -0.588. The molecule has 0 saturated carbocycles. The van der Waals surface area contributed by atoms with Gasteiger partial charge in [-0.15, -0.1) is 11.8 Å². The number of rotatable bonds is 11. The van der Waals surface area contributed by atoms with E-state index in [1.165, 1.54) is 11.8 Å². The van der Waals surface area contributed by atoms with Crippen LogP contribution in [0.3, 0.4) is 0 Å². The van der Waals surface area contributed by atoms with Crippen LogP contribution in [0, 0.1) is 0 Å². The van der Waals surface area contributed by atoms with Gasteiger partial charge >= 0.3 is 0 Å². The second-order valence-electron chi connectivity index (χ2n) is 10.0. The molecule has 46 heavy (non-hydrogen) atoms. The van der Waals surface area contributed by atoms with E-state index in [0.717, 1.165) is 20.5 Å². The number of nitrogens with one attached hydrogen (secondary N) is 3. The Morgan fingerprint density at radius 1 is 0.739 bits per heavy atom. The number of hydrogen-bond donors (Lipinski definition) is 3. The highest BCUT2D eigenvalue weighted by atomic mass is 79.9. The number of halogens is 1. The van der Waals surface area contributed by atoms with Gasteiger partial charge in [0.15, 0.2) is 0 Å². The Morgan fingerprint density at radius 2 is 1.41 bits per heavy atom. The van der Waals surface area contributed by atoms with Crippen molar-refractivity contribution in [1.82, 2.24) is 5.32 Å². The van der Waals surface area contributed by atoms with Gasteiger partial charge in [-0.25, -0.2) is 0 Å². The Hall–Kier alpha value is -5.12. The van der Waals surface area contributed by atoms with Crippen LogP contribution < -0.4 is 20.7 Å². The number of benzene rings is 5. The maximum absolute atomic E-state index is 13.6. The Balaban J connectivity index is 1.37. The van der Waals surface area contributed by atoms with E-state index in [9.17, 15) is 14.4 Å². The molecule has 1 atom stereocenters. The third kappa shape index (κ3) is 8.97. The largest absolute Gasteiger partial charge is 0.497 e. The van der Waals surface area contributed by atoms with Gasteiger partial charge in [-0.05, 0) is 71.8 Å². The van der Waals surface area contributed by atoms with Crippen molar-refractivity contribution >= 4 is 62.9 Å². The van der Waals surface area contributed by atoms with Gasteiger partial charge in [0.25, 0.3) is 11.8 Å². The number of thioether (sulfide) groups is 1. The molecule has 0 bridgehead atoms. The highest BCUT2D eigenvalue weighted by Crippen LogP contribution is 2.37. The summed E-state index contributed by atoms with van der Waals surface area (Å²) in [5.74, 6) is -0.476. The third-order valence-corrected chi connectivity index (χ3v) is 8.45. The quantitative estimate of drug-likeness (QED) is 0.0956. The number of amides is 3. The molecule has 5 aromatic carbocycles. The molecule has 0 fully saturated rings. The Morgan fingerprint density at radius 3 is 2.13 bits per heavy atom. The molecule has 5 rings (SSSR count). The van der Waals surface area contributed by atoms with Crippen molar-refractivity contribution in [2.24, 2.45) is 0 Å². The first-order valence-corrected chi connectivity index (χ1v) is 16.0. The lowest BCUT2D eigenvalue weighted by Gasteiger charge is -2.18. The average molecular weight is 693 g/mol. The summed E-state index contributed by atoms with van der Waals surface area (Å²) < 4.78 is 6.14. The molecule has 0 aliphatic carbocycles. The van der Waals surface area contributed by atoms with Crippen LogP contribution in [0.5, 0.6) is 5.75 Å². The number of methoxy groups -OCH3 is 1. The number of anilines is 2. The zero-order valence-electron chi connectivity index (χ0n) is 24.8. The van der Waals surface area contributed by atoms with E-state index in [2.05, 4.69) is 31.9 Å². The lowest BCUT2D eigenvalue weighted by atomic mass is 10.1. The van der Waals surface area contributed by atoms with Crippen molar-refractivity contribution in [3.05, 3.63) is 160 Å². The lowest BCUT2D eigenvalue weighted by Crippen LogP contribution is -2.30. The molecule has 230 valence electrons. The number of hydrogen-bond acceptors (Lipinski definition) is 5. The topological polar surface area (TPSA) is 96.5 Å². The van der Waals surface area contributed by atoms with Crippen LogP contribution in [0.4, 0.5) is 11.4 Å². The molecule has 0 aliphatic heterocycles. The fraction of sp³-hybridized carbons (Fsp3) is 0.0541. The molecular weight excluding hydrogens is 662 g/mol. The third-order valence-electron chi connectivity index (χ3n) is 6.71. The van der Waals surface area contributed by atoms with Gasteiger partial charge in [-0.3, -0.25) is 14.4 Å². The van der Waals surface area contributed by atoms with Gasteiger partial charge in [0.2, 0.25) is 5.91 Å². The van der Waals surface area contributed by atoms with E-state index >= 15 is 0 Å². The van der Waals surface area contributed by atoms with Gasteiger partial charge in [-0.2, -0.15) is 0 Å². The highest BCUT2D eigenvalue weighted by molar-refractivity contribution is 9.10. The van der Waals surface area contributed by atoms with E-state index in [-0.39, 0.29) is 11.6 Å². The molecule has 0 spiro atoms. The molecule has 0 heterocycles. The molecular formula is C37H30BrN3O4S. The predicted molar refractivity (Wildman–Crippen MR) is 188 cm³/mol. The molecule has 9 heteroatoms. The number of carbonyl (C=O) groups is 3. The Labute approximate surface area is 280 Å². The van der Waals surface area contributed by atoms with Gasteiger partial charge in [-0.1, -0.05) is 88.7 Å². The molecule has 0 aromatic heterocycles. The number of ether oxygens (including phenoxy) is 1. The predicted octanol–water partition coefficient (Wildman–Crippen LogP) is 8.34. The summed E-state index contributed by atoms with van der Waals surface area (Å²) >= 11 is 4.81. The summed E-state index contributed by atoms with van der Waals surface area (Å²) in [5, 5.41) is 8.08. The first-order valence-electron chi connectivity index (χ1n) is 14.3. The van der Waals surface area contributed by atoms with Crippen LogP contribution in [0.15, 0.2) is 149 Å². The van der Waals surface area contributed by atoms with Crippen LogP contribution >= 0.6 is 27.7 Å². The van der Waals surface area contributed by atoms with Crippen molar-refractivity contribution in [1.29, 1.82) is 0 Å². The second-order valence-corrected chi connectivity index (χ2v) is 12.1. The smallest absolute Gasteiger partial charge is 0.272 e. The molecule has 5 aromatic rings. The molecule has 0 aliphatic rings. The first-order chi connectivity index (χ1) is 22.4. The lowest BCUT2D eigenvalue weighted by molar-refractivity contribution is -0.116. The summed E-state index contributed by atoms with van der Waals surface area (Å²) in [6.07, 6.45) is 1.62. The monoisotopic (exact) mass is 691 g/mol. The van der Waals surface area contributed by atoms with Crippen LogP contribution in [0.25, 0.3) is 6.08 Å². The van der Waals surface area contributed by atoms with Crippen molar-refractivity contribution in [2.75, 3.05) is 17.7 Å². The van der Waals surface area contributed by atoms with Gasteiger partial charge < -0.3 is 20.7 Å². The average Bonchev–Trinajstić information content (AvgIpc) is 3.08. The zero-order valence-corrected chi connectivity index (χ0v) is 27.2. The van der Waals surface area contributed by atoms with Crippen LogP contribution in [-0.4, -0.2) is 24.8 Å². The van der Waals surface area contributed by atoms with Gasteiger partial charge in [0.1, 0.15) is 16.7 Å². The molecule has 0 saturated heterocycles. The van der Waals surface area contributed by atoms with E-state index in [1.54, 1.807) is 67.8 Å². The fourth-order valence-corrected chi connectivity index (χ4v) is 6.00. The van der Waals surface area contributed by atoms with Crippen molar-refractivity contribution in [3.8, 4) is 5.75 Å². The van der Waals surface area contributed by atoms with Gasteiger partial charge in [0.05, 0.1) is 7.11 Å². The van der Waals surface area contributed by atoms with E-state index in [4.69, 9.17) is 4.74 Å². The van der Waals surface area contributed by atoms with Crippen molar-refractivity contribution in [3.63, 3.8) is 0 Å². The van der Waals surface area contributed by atoms with Crippen LogP contribution in [0.2, 0.25) is 0 Å². The maximum Gasteiger partial charge on any atom is 0.272 e. The normalized spacial score (nSPS) is 11.7. The Kier molecular flexibility index (Phi) is 11.0. The summed E-state index contributed by atoms with van der Waals surface area (Å²) in [4.78, 5) is 41.0. The SMILES string of the molecule is COc1cccc(NC(=O)C(Sc2cccc(NC(=O)/C(=C\c3cccc(Br)c3)NC(=O)c3ccccc3)c2)c2ccccc2)c1. The van der Waals surface area contributed by atoms with E-state index < -0.39 is 17.1 Å². The van der Waals surface area contributed by atoms with E-state index in [1.807, 2.05) is 78.9 Å². The van der Waals surface area contributed by atoms with Gasteiger partial charge in [0, 0.05) is 32.4 Å².